The zero-order valence-electron chi connectivity index (χ0n) is 25.2. The van der Waals surface area contributed by atoms with Crippen molar-refractivity contribution >= 4 is 39.5 Å². The van der Waals surface area contributed by atoms with E-state index in [0.29, 0.717) is 36.9 Å². The van der Waals surface area contributed by atoms with Crippen LogP contribution in [0.1, 0.15) is 30.9 Å². The fraction of sp³-hybridized carbons (Fsp3) is 0.243. The molecule has 9 heteroatoms. The van der Waals surface area contributed by atoms with Gasteiger partial charge in [0.1, 0.15) is 11.6 Å². The molecular weight excluding hydrogens is 580 g/mol. The van der Waals surface area contributed by atoms with Gasteiger partial charge in [0.15, 0.2) is 0 Å². The molecule has 2 amide bonds. The number of hydrogen-bond donors (Lipinski definition) is 3. The summed E-state index contributed by atoms with van der Waals surface area (Å²) in [6.07, 6.45) is 5.08. The molecule has 2 aliphatic rings. The summed E-state index contributed by atoms with van der Waals surface area (Å²) in [5, 5.41) is 8.85. The number of esters is 1. The largest absolute Gasteiger partial charge is 0.462 e. The first-order valence-electron chi connectivity index (χ1n) is 15.7. The number of aromatic nitrogens is 2. The van der Waals surface area contributed by atoms with Gasteiger partial charge in [-0.1, -0.05) is 78.9 Å². The van der Waals surface area contributed by atoms with E-state index in [0.717, 1.165) is 33.0 Å². The van der Waals surface area contributed by atoms with Crippen LogP contribution >= 0.6 is 0 Å². The maximum Gasteiger partial charge on any atom is 0.333 e. The SMILES string of the molecule is O=C1OCCC1=C[C@H](C[C@@H]1CCNC1=O)NC(=O)[C@H](Cc1ccccc1)n1ccc2cc(-c3cccc4ccccc34)[nH]c2c1=O. The maximum absolute atomic E-state index is 14.2. The number of carbonyl (C=O) groups is 3. The molecule has 9 nitrogen and oxygen atoms in total. The summed E-state index contributed by atoms with van der Waals surface area (Å²) >= 11 is 0. The molecule has 2 aromatic heterocycles. The molecule has 46 heavy (non-hydrogen) atoms. The van der Waals surface area contributed by atoms with E-state index in [9.17, 15) is 19.2 Å². The molecule has 0 spiro atoms. The number of amides is 2. The highest BCUT2D eigenvalue weighted by atomic mass is 16.5. The van der Waals surface area contributed by atoms with Crippen molar-refractivity contribution in [1.82, 2.24) is 20.2 Å². The molecule has 0 unspecified atom stereocenters. The minimum absolute atomic E-state index is 0.0668. The minimum atomic E-state index is -0.891. The summed E-state index contributed by atoms with van der Waals surface area (Å²) < 4.78 is 6.60. The Balaban J connectivity index is 1.25. The number of benzene rings is 3. The Hall–Kier alpha value is -5.44. The van der Waals surface area contributed by atoms with Crippen molar-refractivity contribution in [2.75, 3.05) is 13.2 Å². The molecule has 3 aromatic carbocycles. The Kier molecular flexibility index (Phi) is 7.97. The number of carbonyl (C=O) groups excluding carboxylic acids is 3. The second kappa shape index (κ2) is 12.5. The molecular formula is C37H34N4O5. The molecule has 2 aliphatic heterocycles. The standard InChI is InChI=1S/C37H34N4O5/c42-34-26(13-16-38-34)20-28(21-27-15-18-46-37(27)45)39-35(43)32(19-23-7-2-1-3-8-23)41-17-14-25-22-31(40-33(25)36(41)44)30-12-6-10-24-9-4-5-11-29(24)30/h1-12,14,17,21-22,26,28,32,40H,13,15-16,18-20H2,(H,38,42)(H,39,43)/t26-,28-,32-/m0/s1. The van der Waals surface area contributed by atoms with Crippen molar-refractivity contribution in [1.29, 1.82) is 0 Å². The van der Waals surface area contributed by atoms with E-state index in [1.54, 1.807) is 12.3 Å². The third-order valence-corrected chi connectivity index (χ3v) is 9.00. The van der Waals surface area contributed by atoms with Crippen LogP contribution in [0.15, 0.2) is 108 Å². The van der Waals surface area contributed by atoms with Gasteiger partial charge in [0.25, 0.3) is 5.56 Å². The second-order valence-electron chi connectivity index (χ2n) is 12.0. The average molecular weight is 615 g/mol. The smallest absolute Gasteiger partial charge is 0.333 e. The van der Waals surface area contributed by atoms with Crippen LogP contribution in [0.5, 0.6) is 0 Å². The van der Waals surface area contributed by atoms with Crippen molar-refractivity contribution in [2.24, 2.45) is 5.92 Å². The summed E-state index contributed by atoms with van der Waals surface area (Å²) in [6, 6.07) is 26.1. The van der Waals surface area contributed by atoms with Gasteiger partial charge in [0, 0.05) is 59.8 Å². The molecule has 0 bridgehead atoms. The van der Waals surface area contributed by atoms with E-state index < -0.39 is 18.1 Å². The van der Waals surface area contributed by atoms with Gasteiger partial charge in [0.05, 0.1) is 6.61 Å². The quantitative estimate of drug-likeness (QED) is 0.162. The lowest BCUT2D eigenvalue weighted by Crippen LogP contribution is -2.43. The molecule has 4 heterocycles. The van der Waals surface area contributed by atoms with Crippen molar-refractivity contribution in [3.8, 4) is 11.3 Å². The van der Waals surface area contributed by atoms with Crippen molar-refractivity contribution in [2.45, 2.75) is 37.8 Å². The number of cyclic esters (lactones) is 1. The third-order valence-electron chi connectivity index (χ3n) is 9.00. The van der Waals surface area contributed by atoms with Crippen LogP contribution in [0.3, 0.4) is 0 Å². The number of aromatic amines is 1. The summed E-state index contributed by atoms with van der Waals surface area (Å²) in [5.74, 6) is -1.15. The highest BCUT2D eigenvalue weighted by Crippen LogP contribution is 2.30. The third kappa shape index (κ3) is 5.83. The van der Waals surface area contributed by atoms with Crippen molar-refractivity contribution in [3.63, 3.8) is 0 Å². The van der Waals surface area contributed by atoms with Gasteiger partial charge in [0.2, 0.25) is 11.8 Å². The highest BCUT2D eigenvalue weighted by Gasteiger charge is 2.31. The van der Waals surface area contributed by atoms with E-state index >= 15 is 0 Å². The summed E-state index contributed by atoms with van der Waals surface area (Å²) in [4.78, 5) is 56.4. The van der Waals surface area contributed by atoms with E-state index in [4.69, 9.17) is 4.74 Å². The maximum atomic E-state index is 14.2. The Bertz CT molecular complexity index is 2040. The number of H-pyrrole nitrogens is 1. The van der Waals surface area contributed by atoms with Gasteiger partial charge in [-0.3, -0.25) is 14.4 Å². The minimum Gasteiger partial charge on any atom is -0.462 e. The summed E-state index contributed by atoms with van der Waals surface area (Å²) in [6.45, 7) is 0.865. The van der Waals surface area contributed by atoms with Gasteiger partial charge in [-0.05, 0) is 41.3 Å². The number of pyridine rings is 1. The lowest BCUT2D eigenvalue weighted by molar-refractivity contribution is -0.135. The van der Waals surface area contributed by atoms with E-state index in [-0.39, 0.29) is 36.3 Å². The van der Waals surface area contributed by atoms with Crippen LogP contribution < -0.4 is 16.2 Å². The first-order valence-corrected chi connectivity index (χ1v) is 15.7. The van der Waals surface area contributed by atoms with Crippen LogP contribution in [0.25, 0.3) is 32.9 Å². The van der Waals surface area contributed by atoms with Gasteiger partial charge >= 0.3 is 5.97 Å². The van der Waals surface area contributed by atoms with Crippen LogP contribution in [0, 0.1) is 5.92 Å². The predicted molar refractivity (Wildman–Crippen MR) is 176 cm³/mol. The molecule has 5 aromatic rings. The monoisotopic (exact) mass is 614 g/mol. The topological polar surface area (TPSA) is 122 Å². The van der Waals surface area contributed by atoms with Gasteiger partial charge in [-0.2, -0.15) is 0 Å². The Morgan fingerprint density at radius 1 is 0.978 bits per heavy atom. The van der Waals surface area contributed by atoms with Crippen molar-refractivity contribution in [3.05, 3.63) is 119 Å². The van der Waals surface area contributed by atoms with E-state index in [1.807, 2.05) is 66.7 Å². The number of ether oxygens (including phenoxy) is 1. The number of fused-ring (bicyclic) bond motifs is 2. The summed E-state index contributed by atoms with van der Waals surface area (Å²) in [7, 11) is 0. The normalized spacial score (nSPS) is 18.5. The molecule has 2 saturated heterocycles. The Morgan fingerprint density at radius 3 is 2.57 bits per heavy atom. The van der Waals surface area contributed by atoms with E-state index in [1.165, 1.54) is 4.57 Å². The van der Waals surface area contributed by atoms with Crippen LogP contribution in [0.4, 0.5) is 0 Å². The van der Waals surface area contributed by atoms with Gasteiger partial charge < -0.3 is 24.9 Å². The highest BCUT2D eigenvalue weighted by molar-refractivity contribution is 5.98. The fourth-order valence-corrected chi connectivity index (χ4v) is 6.61. The number of rotatable bonds is 9. The van der Waals surface area contributed by atoms with Crippen LogP contribution in [-0.4, -0.2) is 46.5 Å². The zero-order valence-corrected chi connectivity index (χ0v) is 25.2. The second-order valence-corrected chi connectivity index (χ2v) is 12.0. The zero-order chi connectivity index (χ0) is 31.6. The first kappa shape index (κ1) is 29.3. The molecule has 0 aliphatic carbocycles. The molecule has 0 radical (unpaired) electrons. The van der Waals surface area contributed by atoms with Crippen LogP contribution in [-0.2, 0) is 25.5 Å². The fourth-order valence-electron chi connectivity index (χ4n) is 6.61. The number of hydrogen-bond acceptors (Lipinski definition) is 5. The van der Waals surface area contributed by atoms with E-state index in [2.05, 4.69) is 33.8 Å². The van der Waals surface area contributed by atoms with Crippen LogP contribution in [0.2, 0.25) is 0 Å². The van der Waals surface area contributed by atoms with Crippen molar-refractivity contribution < 1.29 is 19.1 Å². The average Bonchev–Trinajstić information content (AvgIpc) is 3.81. The molecule has 232 valence electrons. The Morgan fingerprint density at radius 2 is 1.78 bits per heavy atom. The number of nitrogens with one attached hydrogen (secondary N) is 3. The predicted octanol–water partition coefficient (Wildman–Crippen LogP) is 4.82. The molecule has 7 rings (SSSR count). The lowest BCUT2D eigenvalue weighted by Gasteiger charge is -2.24. The van der Waals surface area contributed by atoms with Gasteiger partial charge in [-0.15, -0.1) is 0 Å². The Labute approximate surface area is 265 Å². The first-order chi connectivity index (χ1) is 22.4. The summed E-state index contributed by atoms with van der Waals surface area (Å²) in [5.41, 5.74) is 3.26. The molecule has 0 saturated carbocycles. The molecule has 3 N–H and O–H groups in total. The molecule has 2 fully saturated rings. The number of nitrogens with zero attached hydrogens (tertiary/aromatic N) is 1. The lowest BCUT2D eigenvalue weighted by atomic mass is 9.95. The molecule has 3 atom stereocenters. The van der Waals surface area contributed by atoms with Gasteiger partial charge in [-0.25, -0.2) is 4.79 Å².